The highest BCUT2D eigenvalue weighted by molar-refractivity contribution is 6.69. The molecule has 208 valence electrons. The smallest absolute Gasteiger partial charge is 0.292 e. The second-order valence-electron chi connectivity index (χ2n) is 9.47. The quantitative estimate of drug-likeness (QED) is 0.286. The predicted octanol–water partition coefficient (Wildman–Crippen LogP) is 2.46. The van der Waals surface area contributed by atoms with Gasteiger partial charge in [0.2, 0.25) is 0 Å². The fourth-order valence-electron chi connectivity index (χ4n) is 6.19. The summed E-state index contributed by atoms with van der Waals surface area (Å²) in [6.07, 6.45) is 0. The molecule has 0 aromatic heterocycles. The van der Waals surface area contributed by atoms with E-state index in [0.29, 0.717) is 0 Å². The Hall–Kier alpha value is 0.114. The Morgan fingerprint density at radius 2 is 0.441 bits per heavy atom. The predicted molar refractivity (Wildman–Crippen MR) is 158 cm³/mol. The molecule has 0 aromatic carbocycles. The van der Waals surface area contributed by atoms with E-state index in [2.05, 4.69) is 148 Å². The molecule has 34 heavy (non-hydrogen) atoms. The van der Waals surface area contributed by atoms with Crippen LogP contribution in [0.3, 0.4) is 0 Å². The number of nitrogens with zero attached hydrogens (tertiary/aromatic N) is 8. The van der Waals surface area contributed by atoms with E-state index in [-0.39, 0.29) is 0 Å². The fourth-order valence-corrected chi connectivity index (χ4v) is 16.8. The fraction of sp³-hybridized carbons (Fsp3) is 1.00. The van der Waals surface area contributed by atoms with E-state index in [1.807, 2.05) is 0 Å². The summed E-state index contributed by atoms with van der Waals surface area (Å²) in [5.41, 5.74) is 0. The summed E-state index contributed by atoms with van der Waals surface area (Å²) >= 11 is 0. The van der Waals surface area contributed by atoms with Crippen LogP contribution >= 0.6 is 0 Å². The lowest BCUT2D eigenvalue weighted by Crippen LogP contribution is -2.83. The van der Waals surface area contributed by atoms with Gasteiger partial charge in [0.25, 0.3) is 0 Å². The Balaban J connectivity index is 0. The first-order valence-corrected chi connectivity index (χ1v) is 17.1. The van der Waals surface area contributed by atoms with E-state index < -0.39 is 17.4 Å². The summed E-state index contributed by atoms with van der Waals surface area (Å²) in [6.45, 7) is 27.6. The van der Waals surface area contributed by atoms with E-state index in [9.17, 15) is 0 Å². The molecule has 0 unspecified atom stereocenters. The van der Waals surface area contributed by atoms with Crippen LogP contribution in [0, 0.1) is 0 Å². The average molecular weight is 521 g/mol. The average Bonchev–Trinajstić information content (AvgIpc) is 2.76. The lowest BCUT2D eigenvalue weighted by Gasteiger charge is -2.57. The van der Waals surface area contributed by atoms with Crippen LogP contribution in [-0.2, 0) is 0 Å². The van der Waals surface area contributed by atoms with Crippen molar-refractivity contribution in [3.8, 4) is 0 Å². The van der Waals surface area contributed by atoms with Crippen molar-refractivity contribution in [3.63, 3.8) is 0 Å². The maximum Gasteiger partial charge on any atom is 0.376 e. The van der Waals surface area contributed by atoms with Crippen LogP contribution < -0.4 is 0 Å². The minimum Gasteiger partial charge on any atom is -0.292 e. The third kappa shape index (κ3) is 7.56. The minimum absolute atomic E-state index is 1.13. The topological polar surface area (TPSA) is 25.9 Å². The van der Waals surface area contributed by atoms with E-state index in [0.717, 1.165) is 52.4 Å². The molecule has 0 amide bonds. The van der Waals surface area contributed by atoms with E-state index in [1.165, 1.54) is 0 Å². The first-order valence-electron chi connectivity index (χ1n) is 13.6. The Labute approximate surface area is 218 Å². The van der Waals surface area contributed by atoms with Crippen molar-refractivity contribution in [2.45, 2.75) is 55.4 Å². The minimum atomic E-state index is -1.98. The van der Waals surface area contributed by atoms with Gasteiger partial charge in [-0.2, -0.15) is 0 Å². The van der Waals surface area contributed by atoms with Crippen LogP contribution in [0.1, 0.15) is 55.4 Å². The number of hydrogen-bond acceptors (Lipinski definition) is 8. The Morgan fingerprint density at radius 3 is 0.500 bits per heavy atom. The molecule has 0 radical (unpaired) electrons. The molecular weight excluding hydrogens is 456 g/mol. The monoisotopic (exact) mass is 520 g/mol. The third-order valence-corrected chi connectivity index (χ3v) is 17.9. The van der Waals surface area contributed by atoms with E-state index in [4.69, 9.17) is 0 Å². The van der Waals surface area contributed by atoms with Crippen LogP contribution in [0.25, 0.3) is 0 Å². The van der Waals surface area contributed by atoms with Gasteiger partial charge in [-0.15, -0.1) is 0 Å². The Morgan fingerprint density at radius 1 is 0.294 bits per heavy atom. The number of hydrogen-bond donors (Lipinski definition) is 0. The van der Waals surface area contributed by atoms with Gasteiger partial charge in [0.1, 0.15) is 0 Å². The highest BCUT2D eigenvalue weighted by Gasteiger charge is 2.53. The van der Waals surface area contributed by atoms with Gasteiger partial charge in [0, 0.05) is 0 Å². The van der Waals surface area contributed by atoms with Gasteiger partial charge in [-0.1, -0.05) is 55.4 Å². The molecular formula is C24H64N8Si2. The van der Waals surface area contributed by atoms with E-state index >= 15 is 0 Å². The summed E-state index contributed by atoms with van der Waals surface area (Å²) in [4.78, 5) is 0. The highest BCUT2D eigenvalue weighted by Crippen LogP contribution is 2.25. The molecule has 10 heteroatoms. The van der Waals surface area contributed by atoms with Crippen LogP contribution in [0.4, 0.5) is 0 Å². The lowest BCUT2D eigenvalue weighted by atomic mass is 10.6. The summed E-state index contributed by atoms with van der Waals surface area (Å²) in [6, 6.07) is 0. The largest absolute Gasteiger partial charge is 0.376 e. The van der Waals surface area contributed by atoms with Gasteiger partial charge in [0.05, 0.1) is 0 Å². The zero-order valence-electron chi connectivity index (χ0n) is 26.2. The summed E-state index contributed by atoms with van der Waals surface area (Å²) < 4.78 is 20.4. The molecule has 0 saturated carbocycles. The molecule has 0 rings (SSSR count). The molecule has 0 bridgehead atoms. The number of rotatable bonds is 16. The van der Waals surface area contributed by atoms with Crippen LogP contribution in [0.15, 0.2) is 0 Å². The van der Waals surface area contributed by atoms with Crippen molar-refractivity contribution in [1.29, 1.82) is 0 Å². The first kappa shape index (κ1) is 36.3. The molecule has 0 fully saturated rings. The Bertz CT molecular complexity index is 398. The molecule has 0 aromatic rings. The molecule has 0 aliphatic heterocycles. The second kappa shape index (κ2) is 17.5. The molecule has 0 heterocycles. The van der Waals surface area contributed by atoms with Gasteiger partial charge in [-0.3, -0.25) is 36.5 Å². The second-order valence-corrected chi connectivity index (χ2v) is 18.0. The van der Waals surface area contributed by atoms with Crippen LogP contribution in [0.5, 0.6) is 0 Å². The molecule has 0 saturated heterocycles. The first-order chi connectivity index (χ1) is 15.9. The van der Waals surface area contributed by atoms with Crippen LogP contribution in [-0.4, -0.2) is 163 Å². The normalized spacial score (nSPS) is 13.4. The van der Waals surface area contributed by atoms with Crippen molar-refractivity contribution >= 4 is 17.4 Å². The van der Waals surface area contributed by atoms with Gasteiger partial charge >= 0.3 is 17.4 Å². The van der Waals surface area contributed by atoms with Gasteiger partial charge in [-0.25, -0.2) is 0 Å². The maximum absolute atomic E-state index is 2.76. The summed E-state index contributed by atoms with van der Waals surface area (Å²) in [5.74, 6) is 0. The molecule has 0 N–H and O–H groups in total. The zero-order valence-corrected chi connectivity index (χ0v) is 28.2. The van der Waals surface area contributed by atoms with Crippen molar-refractivity contribution in [1.82, 2.24) is 36.5 Å². The van der Waals surface area contributed by atoms with Crippen LogP contribution in [0.2, 0.25) is 0 Å². The lowest BCUT2D eigenvalue weighted by molar-refractivity contribution is 0.186. The van der Waals surface area contributed by atoms with Gasteiger partial charge < -0.3 is 0 Å². The van der Waals surface area contributed by atoms with Gasteiger partial charge in [-0.05, 0) is 109 Å². The standard InChI is InChI=1S/C16H40N4Si.C8H24N4Si/c1-9-17(10-2)21(18(11-3)12-4,19(13-5)14-6)20(15-7)16-8;1-9(2)13(10(3)4,11(5)6)12(7)8/h9-16H2,1-8H3;1-8H3. The molecule has 8 nitrogen and oxygen atoms in total. The highest BCUT2D eigenvalue weighted by atomic mass is 28.4. The van der Waals surface area contributed by atoms with Crippen molar-refractivity contribution in [3.05, 3.63) is 0 Å². The zero-order chi connectivity index (χ0) is 27.3. The summed E-state index contributed by atoms with van der Waals surface area (Å²) in [5, 5.41) is 0. The van der Waals surface area contributed by atoms with Gasteiger partial charge in [0.15, 0.2) is 0 Å². The Kier molecular flexibility index (Phi) is 18.7. The third-order valence-electron chi connectivity index (χ3n) is 7.15. The molecule has 0 spiro atoms. The maximum atomic E-state index is 2.76. The van der Waals surface area contributed by atoms with Crippen molar-refractivity contribution < 1.29 is 0 Å². The molecule has 0 aliphatic rings. The van der Waals surface area contributed by atoms with Crippen molar-refractivity contribution in [2.75, 3.05) is 109 Å². The molecule has 0 aliphatic carbocycles. The summed E-state index contributed by atoms with van der Waals surface area (Å²) in [7, 11) is 13.4. The SMILES string of the molecule is CCN(CC)[Si](N(CC)CC)(N(CC)CC)N(CC)CC.CN(C)[Si](N(C)C)(N(C)C)N(C)C. The van der Waals surface area contributed by atoms with E-state index in [1.54, 1.807) is 0 Å². The molecule has 0 atom stereocenters. The van der Waals surface area contributed by atoms with Crippen molar-refractivity contribution in [2.24, 2.45) is 0 Å².